The van der Waals surface area contributed by atoms with Gasteiger partial charge in [-0.1, -0.05) is 12.1 Å². The van der Waals surface area contributed by atoms with Gasteiger partial charge in [0, 0.05) is 37.6 Å². The van der Waals surface area contributed by atoms with Crippen molar-refractivity contribution >= 4 is 35.8 Å². The lowest BCUT2D eigenvalue weighted by Crippen LogP contribution is -2.38. The van der Waals surface area contributed by atoms with E-state index in [0.29, 0.717) is 18.7 Å². The molecule has 0 aliphatic heterocycles. The number of hydrogen-bond acceptors (Lipinski definition) is 3. The summed E-state index contributed by atoms with van der Waals surface area (Å²) in [5.41, 5.74) is 1.58. The molecule has 8 heteroatoms. The van der Waals surface area contributed by atoms with Crippen LogP contribution >= 0.6 is 24.0 Å². The minimum absolute atomic E-state index is 0. The van der Waals surface area contributed by atoms with Crippen LogP contribution in [0.5, 0.6) is 0 Å². The summed E-state index contributed by atoms with van der Waals surface area (Å²) in [6, 6.07) is 15.2. The van der Waals surface area contributed by atoms with Crippen LogP contribution in [-0.2, 0) is 19.6 Å². The predicted molar refractivity (Wildman–Crippen MR) is 129 cm³/mol. The maximum absolute atomic E-state index is 12.4. The van der Waals surface area contributed by atoms with E-state index in [2.05, 4.69) is 25.5 Å². The van der Waals surface area contributed by atoms with E-state index in [0.717, 1.165) is 36.9 Å². The van der Waals surface area contributed by atoms with E-state index in [-0.39, 0.29) is 29.9 Å². The van der Waals surface area contributed by atoms with Crippen LogP contribution in [0, 0.1) is 0 Å². The predicted octanol–water partition coefficient (Wildman–Crippen LogP) is 3.38. The summed E-state index contributed by atoms with van der Waals surface area (Å²) in [5.74, 6) is 1.34. The number of furan rings is 1. The maximum atomic E-state index is 12.4. The third-order valence-corrected chi connectivity index (χ3v) is 4.29. The number of rotatable bonds is 9. The Balaban J connectivity index is 0.00000320. The molecule has 2 aromatic heterocycles. The van der Waals surface area contributed by atoms with E-state index >= 15 is 0 Å². The highest BCUT2D eigenvalue weighted by molar-refractivity contribution is 14.0. The molecule has 30 heavy (non-hydrogen) atoms. The number of amides is 1. The molecule has 0 atom stereocenters. The van der Waals surface area contributed by atoms with Gasteiger partial charge in [0.25, 0.3) is 5.91 Å². The van der Waals surface area contributed by atoms with Gasteiger partial charge in [-0.3, -0.25) is 4.79 Å². The van der Waals surface area contributed by atoms with Gasteiger partial charge < -0.3 is 24.9 Å². The Morgan fingerprint density at radius 2 is 1.90 bits per heavy atom. The molecule has 160 valence electrons. The van der Waals surface area contributed by atoms with Crippen LogP contribution in [-0.4, -0.2) is 29.5 Å². The van der Waals surface area contributed by atoms with E-state index < -0.39 is 0 Å². The number of hydrogen-bond donors (Lipinski definition) is 3. The van der Waals surface area contributed by atoms with E-state index in [1.54, 1.807) is 18.4 Å². The molecule has 0 spiro atoms. The zero-order chi connectivity index (χ0) is 20.3. The Labute approximate surface area is 194 Å². The lowest BCUT2D eigenvalue weighted by Gasteiger charge is -2.12. The van der Waals surface area contributed by atoms with Gasteiger partial charge in [0.05, 0.1) is 19.4 Å². The molecule has 3 rings (SSSR count). The van der Waals surface area contributed by atoms with Gasteiger partial charge in [-0.15, -0.1) is 24.0 Å². The SMILES string of the molecule is CCNC(=NCc1cccc(C(=O)NCc2ccco2)c1)NCCn1cccc1.I. The van der Waals surface area contributed by atoms with E-state index in [9.17, 15) is 4.79 Å². The number of nitrogens with one attached hydrogen (secondary N) is 3. The van der Waals surface area contributed by atoms with Gasteiger partial charge in [0.1, 0.15) is 5.76 Å². The third kappa shape index (κ3) is 7.58. The minimum atomic E-state index is -0.135. The first-order valence-electron chi connectivity index (χ1n) is 9.77. The topological polar surface area (TPSA) is 83.6 Å². The molecule has 0 aliphatic rings. The lowest BCUT2D eigenvalue weighted by atomic mass is 10.1. The van der Waals surface area contributed by atoms with E-state index in [1.807, 2.05) is 55.7 Å². The van der Waals surface area contributed by atoms with Gasteiger partial charge in [-0.2, -0.15) is 0 Å². The molecule has 0 radical (unpaired) electrons. The Morgan fingerprint density at radius 1 is 1.07 bits per heavy atom. The molecule has 1 aromatic carbocycles. The fourth-order valence-electron chi connectivity index (χ4n) is 2.83. The number of carbonyl (C=O) groups excluding carboxylic acids is 1. The summed E-state index contributed by atoms with van der Waals surface area (Å²) >= 11 is 0. The average Bonchev–Trinajstić information content (AvgIpc) is 3.44. The molecule has 7 nitrogen and oxygen atoms in total. The number of nitrogens with zero attached hydrogens (tertiary/aromatic N) is 2. The van der Waals surface area contributed by atoms with Crippen molar-refractivity contribution in [1.29, 1.82) is 0 Å². The molecule has 0 unspecified atom stereocenters. The Bertz CT molecular complexity index is 908. The first-order valence-corrected chi connectivity index (χ1v) is 9.77. The number of benzene rings is 1. The van der Waals surface area contributed by atoms with Gasteiger partial charge >= 0.3 is 0 Å². The largest absolute Gasteiger partial charge is 0.467 e. The fraction of sp³-hybridized carbons (Fsp3) is 0.273. The van der Waals surface area contributed by atoms with Crippen LogP contribution in [0.1, 0.15) is 28.6 Å². The quantitative estimate of drug-likeness (QED) is 0.229. The van der Waals surface area contributed by atoms with Crippen molar-refractivity contribution in [2.75, 3.05) is 13.1 Å². The van der Waals surface area contributed by atoms with Crippen molar-refractivity contribution in [2.45, 2.75) is 26.6 Å². The summed E-state index contributed by atoms with van der Waals surface area (Å²) < 4.78 is 7.35. The smallest absolute Gasteiger partial charge is 0.251 e. The molecule has 0 fully saturated rings. The second-order valence-corrected chi connectivity index (χ2v) is 6.51. The highest BCUT2D eigenvalue weighted by atomic mass is 127. The van der Waals surface area contributed by atoms with E-state index in [4.69, 9.17) is 4.42 Å². The van der Waals surface area contributed by atoms with Crippen molar-refractivity contribution < 1.29 is 9.21 Å². The molecule has 0 bridgehead atoms. The van der Waals surface area contributed by atoms with Crippen molar-refractivity contribution in [3.63, 3.8) is 0 Å². The summed E-state index contributed by atoms with van der Waals surface area (Å²) in [4.78, 5) is 17.0. The molecule has 0 aliphatic carbocycles. The summed E-state index contributed by atoms with van der Waals surface area (Å²) in [6.45, 7) is 5.30. The normalized spacial score (nSPS) is 10.9. The summed E-state index contributed by atoms with van der Waals surface area (Å²) in [7, 11) is 0. The standard InChI is InChI=1S/C22H27N5O2.HI/c1-2-23-22(24-10-13-27-11-3-4-12-27)26-16-18-7-5-8-19(15-18)21(28)25-17-20-9-6-14-29-20;/h3-9,11-12,14-15H,2,10,13,16-17H2,1H3,(H,25,28)(H2,23,24,26);1H. The van der Waals surface area contributed by atoms with Gasteiger partial charge in [0.15, 0.2) is 5.96 Å². The molecule has 3 N–H and O–H groups in total. The Morgan fingerprint density at radius 3 is 2.63 bits per heavy atom. The summed E-state index contributed by atoms with van der Waals surface area (Å²) in [6.07, 6.45) is 5.66. The van der Waals surface area contributed by atoms with Crippen molar-refractivity contribution in [1.82, 2.24) is 20.5 Å². The molecule has 3 aromatic rings. The number of carbonyl (C=O) groups is 1. The van der Waals surface area contributed by atoms with Crippen molar-refractivity contribution in [3.8, 4) is 0 Å². The zero-order valence-electron chi connectivity index (χ0n) is 17.0. The van der Waals surface area contributed by atoms with Gasteiger partial charge in [-0.05, 0) is 48.9 Å². The van der Waals surface area contributed by atoms with Crippen molar-refractivity contribution in [2.24, 2.45) is 4.99 Å². The number of aromatic nitrogens is 1. The minimum Gasteiger partial charge on any atom is -0.467 e. The average molecular weight is 521 g/mol. The number of halogens is 1. The van der Waals surface area contributed by atoms with Crippen LogP contribution in [0.3, 0.4) is 0 Å². The van der Waals surface area contributed by atoms with Crippen molar-refractivity contribution in [3.05, 3.63) is 84.1 Å². The Kier molecular flexibility index (Phi) is 9.99. The van der Waals surface area contributed by atoms with Gasteiger partial charge in [0.2, 0.25) is 0 Å². The summed E-state index contributed by atoms with van der Waals surface area (Å²) in [5, 5.41) is 9.44. The third-order valence-electron chi connectivity index (χ3n) is 4.29. The second-order valence-electron chi connectivity index (χ2n) is 6.51. The van der Waals surface area contributed by atoms with Crippen LogP contribution in [0.25, 0.3) is 0 Å². The van der Waals surface area contributed by atoms with Crippen LogP contribution < -0.4 is 16.0 Å². The van der Waals surface area contributed by atoms with Gasteiger partial charge in [-0.25, -0.2) is 4.99 Å². The fourth-order valence-corrected chi connectivity index (χ4v) is 2.83. The molecular weight excluding hydrogens is 493 g/mol. The first kappa shape index (κ1) is 23.5. The first-order chi connectivity index (χ1) is 14.2. The van der Waals surface area contributed by atoms with Crippen LogP contribution in [0.15, 0.2) is 76.6 Å². The van der Waals surface area contributed by atoms with Crippen LogP contribution in [0.2, 0.25) is 0 Å². The number of guanidine groups is 1. The Hall–Kier alpha value is -2.75. The van der Waals surface area contributed by atoms with Crippen LogP contribution in [0.4, 0.5) is 0 Å². The molecule has 0 saturated heterocycles. The molecule has 1 amide bonds. The highest BCUT2D eigenvalue weighted by Crippen LogP contribution is 2.08. The lowest BCUT2D eigenvalue weighted by molar-refractivity contribution is 0.0948. The maximum Gasteiger partial charge on any atom is 0.251 e. The molecule has 2 heterocycles. The monoisotopic (exact) mass is 521 g/mol. The highest BCUT2D eigenvalue weighted by Gasteiger charge is 2.07. The molecule has 0 saturated carbocycles. The zero-order valence-corrected chi connectivity index (χ0v) is 19.3. The number of aliphatic imine (C=N–C) groups is 1. The second kappa shape index (κ2) is 12.7. The van der Waals surface area contributed by atoms with E-state index in [1.165, 1.54) is 0 Å². The molecular formula is C22H28IN5O2.